The predicted octanol–water partition coefficient (Wildman–Crippen LogP) is -0.168. The van der Waals surface area contributed by atoms with Gasteiger partial charge >= 0.3 is 0 Å². The van der Waals surface area contributed by atoms with Crippen molar-refractivity contribution in [3.63, 3.8) is 0 Å². The summed E-state index contributed by atoms with van der Waals surface area (Å²) in [6.07, 6.45) is -0.613. The number of aromatic hydroxyl groups is 1. The lowest BCUT2D eigenvalue weighted by molar-refractivity contribution is 0.208. The minimum Gasteiger partial charge on any atom is -0.506 e. The maximum atomic E-state index is 11.1. The number of aliphatic hydroxyl groups is 1. The Morgan fingerprint density at radius 3 is 2.62 bits per heavy atom. The first-order valence-electron chi connectivity index (χ1n) is 4.58. The molecular weight excluding hydrogens is 232 g/mol. The molecule has 1 aromatic carbocycles. The van der Waals surface area contributed by atoms with E-state index < -0.39 is 16.1 Å². The van der Waals surface area contributed by atoms with E-state index in [1.807, 2.05) is 0 Å². The van der Waals surface area contributed by atoms with Gasteiger partial charge in [-0.2, -0.15) is 0 Å². The molecule has 1 unspecified atom stereocenters. The molecule has 0 amide bonds. The van der Waals surface area contributed by atoms with Gasteiger partial charge in [0.25, 0.3) is 0 Å². The summed E-state index contributed by atoms with van der Waals surface area (Å²) in [4.78, 5) is -0.0987. The zero-order valence-corrected chi connectivity index (χ0v) is 9.53. The van der Waals surface area contributed by atoms with Crippen LogP contribution in [0.4, 0.5) is 5.69 Å². The topological polar surface area (TPSA) is 113 Å². The van der Waals surface area contributed by atoms with Crippen LogP contribution in [0.5, 0.6) is 5.75 Å². The zero-order valence-electron chi connectivity index (χ0n) is 8.71. The Kier molecular flexibility index (Phi) is 3.74. The quantitative estimate of drug-likeness (QED) is 0.551. The van der Waals surface area contributed by atoms with Crippen molar-refractivity contribution in [1.82, 2.24) is 0 Å². The van der Waals surface area contributed by atoms with Crippen molar-refractivity contribution < 1.29 is 18.6 Å². The van der Waals surface area contributed by atoms with Crippen molar-refractivity contribution >= 4 is 15.7 Å². The van der Waals surface area contributed by atoms with Gasteiger partial charge < -0.3 is 15.5 Å². The third kappa shape index (κ3) is 3.37. The molecule has 0 aliphatic heterocycles. The Labute approximate surface area is 93.8 Å². The average Bonchev–Trinajstić information content (AvgIpc) is 2.14. The summed E-state index contributed by atoms with van der Waals surface area (Å²) in [6, 6.07) is 3.65. The van der Waals surface area contributed by atoms with E-state index in [4.69, 9.17) is 10.2 Å². The lowest BCUT2D eigenvalue weighted by atomic mass is 10.3. The Morgan fingerprint density at radius 2 is 2.12 bits per heavy atom. The normalized spacial score (nSPS) is 13.4. The molecule has 0 saturated heterocycles. The largest absolute Gasteiger partial charge is 0.506 e. The van der Waals surface area contributed by atoms with Gasteiger partial charge in [0.1, 0.15) is 5.75 Å². The van der Waals surface area contributed by atoms with Gasteiger partial charge in [0, 0.05) is 6.54 Å². The molecule has 7 heteroatoms. The molecule has 1 rings (SSSR count). The summed E-state index contributed by atoms with van der Waals surface area (Å²) in [7, 11) is -3.79. The van der Waals surface area contributed by atoms with Crippen LogP contribution in [0.3, 0.4) is 0 Å². The number of aliphatic hydroxyl groups excluding tert-OH is 1. The maximum Gasteiger partial charge on any atom is 0.238 e. The first kappa shape index (κ1) is 12.8. The number of sulfonamides is 1. The van der Waals surface area contributed by atoms with Crippen LogP contribution in [0.2, 0.25) is 0 Å². The molecule has 5 N–H and O–H groups in total. The van der Waals surface area contributed by atoms with Crippen LogP contribution >= 0.6 is 0 Å². The Hall–Kier alpha value is -1.31. The number of hydrogen-bond acceptors (Lipinski definition) is 5. The molecule has 0 bridgehead atoms. The smallest absolute Gasteiger partial charge is 0.238 e. The molecule has 1 aromatic rings. The van der Waals surface area contributed by atoms with Crippen LogP contribution in [0.25, 0.3) is 0 Å². The minimum atomic E-state index is -3.79. The number of anilines is 1. The number of nitrogens with one attached hydrogen (secondary N) is 1. The third-order valence-electron chi connectivity index (χ3n) is 1.88. The first-order valence-corrected chi connectivity index (χ1v) is 6.13. The molecule has 90 valence electrons. The van der Waals surface area contributed by atoms with E-state index in [0.29, 0.717) is 0 Å². The summed E-state index contributed by atoms with van der Waals surface area (Å²) in [5.74, 6) is -0.104. The fourth-order valence-corrected chi connectivity index (χ4v) is 1.63. The highest BCUT2D eigenvalue weighted by molar-refractivity contribution is 7.89. The number of benzene rings is 1. The second-order valence-electron chi connectivity index (χ2n) is 3.45. The van der Waals surface area contributed by atoms with Crippen molar-refractivity contribution in [3.8, 4) is 5.75 Å². The second-order valence-corrected chi connectivity index (χ2v) is 5.02. The van der Waals surface area contributed by atoms with Gasteiger partial charge in [-0.05, 0) is 25.1 Å². The van der Waals surface area contributed by atoms with Crippen molar-refractivity contribution in [1.29, 1.82) is 0 Å². The zero-order chi connectivity index (χ0) is 12.3. The van der Waals surface area contributed by atoms with Gasteiger partial charge in [0.2, 0.25) is 10.0 Å². The highest BCUT2D eigenvalue weighted by atomic mass is 32.2. The van der Waals surface area contributed by atoms with E-state index in [9.17, 15) is 13.5 Å². The van der Waals surface area contributed by atoms with Crippen LogP contribution in [0, 0.1) is 0 Å². The Bertz CT molecular complexity index is 470. The number of phenols is 1. The molecule has 6 nitrogen and oxygen atoms in total. The van der Waals surface area contributed by atoms with Crippen LogP contribution in [-0.2, 0) is 10.0 Å². The fraction of sp³-hybridized carbons (Fsp3) is 0.333. The molecule has 0 fully saturated rings. The second kappa shape index (κ2) is 4.69. The molecule has 0 aliphatic carbocycles. The van der Waals surface area contributed by atoms with E-state index in [-0.39, 0.29) is 22.9 Å². The molecule has 16 heavy (non-hydrogen) atoms. The van der Waals surface area contributed by atoms with Crippen molar-refractivity contribution in [2.24, 2.45) is 5.14 Å². The number of nitrogens with two attached hydrogens (primary N) is 1. The molecule has 1 atom stereocenters. The lowest BCUT2D eigenvalue weighted by Crippen LogP contribution is -2.16. The van der Waals surface area contributed by atoms with E-state index in [0.717, 1.165) is 0 Å². The molecule has 0 aromatic heterocycles. The summed E-state index contributed by atoms with van der Waals surface area (Å²) in [6.45, 7) is 1.76. The van der Waals surface area contributed by atoms with Crippen LogP contribution in [0.15, 0.2) is 23.1 Å². The molecule has 0 spiro atoms. The van der Waals surface area contributed by atoms with Gasteiger partial charge in [-0.15, -0.1) is 0 Å². The van der Waals surface area contributed by atoms with Crippen LogP contribution in [0.1, 0.15) is 6.92 Å². The monoisotopic (exact) mass is 246 g/mol. The van der Waals surface area contributed by atoms with Crippen LogP contribution < -0.4 is 10.5 Å². The molecule has 0 saturated carbocycles. The molecular formula is C9H14N2O4S. The highest BCUT2D eigenvalue weighted by Gasteiger charge is 2.11. The number of hydrogen-bond donors (Lipinski definition) is 4. The van der Waals surface area contributed by atoms with E-state index in [2.05, 4.69) is 5.32 Å². The van der Waals surface area contributed by atoms with Gasteiger partial charge in [0.05, 0.1) is 16.7 Å². The summed E-state index contributed by atoms with van der Waals surface area (Å²) < 4.78 is 22.1. The summed E-state index contributed by atoms with van der Waals surface area (Å²) in [5, 5.41) is 26.1. The van der Waals surface area contributed by atoms with Gasteiger partial charge in [0.15, 0.2) is 0 Å². The number of primary sulfonamides is 1. The average molecular weight is 246 g/mol. The van der Waals surface area contributed by atoms with Crippen molar-refractivity contribution in [2.75, 3.05) is 11.9 Å². The van der Waals surface area contributed by atoms with E-state index in [1.165, 1.54) is 18.2 Å². The van der Waals surface area contributed by atoms with Gasteiger partial charge in [-0.3, -0.25) is 0 Å². The number of phenolic OH excluding ortho intramolecular Hbond substituents is 1. The maximum absolute atomic E-state index is 11.1. The van der Waals surface area contributed by atoms with Crippen LogP contribution in [-0.4, -0.2) is 31.3 Å². The first-order chi connectivity index (χ1) is 7.30. The Balaban J connectivity index is 3.00. The summed E-state index contributed by atoms with van der Waals surface area (Å²) in [5.41, 5.74) is 0.215. The number of rotatable bonds is 4. The van der Waals surface area contributed by atoms with E-state index >= 15 is 0 Å². The highest BCUT2D eigenvalue weighted by Crippen LogP contribution is 2.25. The molecule has 0 radical (unpaired) electrons. The molecule has 0 aliphatic rings. The fourth-order valence-electron chi connectivity index (χ4n) is 1.09. The van der Waals surface area contributed by atoms with Gasteiger partial charge in [-0.25, -0.2) is 13.6 Å². The van der Waals surface area contributed by atoms with E-state index in [1.54, 1.807) is 6.92 Å². The van der Waals surface area contributed by atoms with Gasteiger partial charge in [-0.1, -0.05) is 0 Å². The molecule has 0 heterocycles. The predicted molar refractivity (Wildman–Crippen MR) is 59.7 cm³/mol. The Morgan fingerprint density at radius 1 is 1.50 bits per heavy atom. The SMILES string of the molecule is CC(O)CNc1cc(S(N)(=O)=O)ccc1O. The third-order valence-corrected chi connectivity index (χ3v) is 2.80. The minimum absolute atomic E-state index is 0.0987. The van der Waals surface area contributed by atoms with Crippen molar-refractivity contribution in [2.45, 2.75) is 17.9 Å². The summed E-state index contributed by atoms with van der Waals surface area (Å²) >= 11 is 0. The van der Waals surface area contributed by atoms with Crippen molar-refractivity contribution in [3.05, 3.63) is 18.2 Å². The standard InChI is InChI=1S/C9H14N2O4S/c1-6(12)5-11-8-4-7(16(10,14)15)2-3-9(8)13/h2-4,6,11-13H,5H2,1H3,(H2,10,14,15). The lowest BCUT2D eigenvalue weighted by Gasteiger charge is -2.11.